The molecule has 0 radical (unpaired) electrons. The van der Waals surface area contributed by atoms with Crippen LogP contribution in [0.25, 0.3) is 10.9 Å². The Labute approximate surface area is 150 Å². The zero-order valence-corrected chi connectivity index (χ0v) is 14.4. The Kier molecular flexibility index (Phi) is 4.49. The number of benzene rings is 1. The number of carbonyl (C=O) groups is 1. The zero-order chi connectivity index (χ0) is 17.9. The molecule has 0 spiro atoms. The minimum Gasteiger partial charge on any atom is -0.380 e. The molecule has 0 aliphatic carbocycles. The molecule has 1 amide bonds. The van der Waals surface area contributed by atoms with Gasteiger partial charge in [-0.15, -0.1) is 0 Å². The number of hydrogen-bond donors (Lipinski definition) is 2. The van der Waals surface area contributed by atoms with Crippen LogP contribution in [0.4, 0.5) is 5.82 Å². The average molecular weight is 352 g/mol. The van der Waals surface area contributed by atoms with Crippen molar-refractivity contribution in [3.05, 3.63) is 48.5 Å². The molecule has 4 rings (SSSR count). The van der Waals surface area contributed by atoms with Crippen LogP contribution in [0.5, 0.6) is 0 Å². The summed E-state index contributed by atoms with van der Waals surface area (Å²) >= 11 is 0. The van der Waals surface area contributed by atoms with Gasteiger partial charge in [0.2, 0.25) is 0 Å². The third-order valence-electron chi connectivity index (χ3n) is 4.79. The van der Waals surface area contributed by atoms with Gasteiger partial charge in [0.15, 0.2) is 0 Å². The topological polar surface area (TPSA) is 96.0 Å². The van der Waals surface area contributed by atoms with Gasteiger partial charge in [-0.25, -0.2) is 9.97 Å². The van der Waals surface area contributed by atoms with Crippen molar-refractivity contribution in [3.63, 3.8) is 0 Å². The number of ether oxygens (including phenoxy) is 1. The number of H-pyrrole nitrogens is 1. The summed E-state index contributed by atoms with van der Waals surface area (Å²) in [5.41, 5.74) is 1.34. The van der Waals surface area contributed by atoms with E-state index in [1.54, 1.807) is 25.6 Å². The van der Waals surface area contributed by atoms with Crippen LogP contribution in [0.1, 0.15) is 16.8 Å². The molecule has 1 aliphatic heterocycles. The molecule has 3 heterocycles. The lowest BCUT2D eigenvalue weighted by Crippen LogP contribution is -2.40. The van der Waals surface area contributed by atoms with E-state index in [1.807, 2.05) is 18.2 Å². The predicted molar refractivity (Wildman–Crippen MR) is 97.0 cm³/mol. The predicted octanol–water partition coefficient (Wildman–Crippen LogP) is 1.38. The van der Waals surface area contributed by atoms with Gasteiger partial charge >= 0.3 is 0 Å². The Morgan fingerprint density at radius 3 is 3.15 bits per heavy atom. The standard InChI is InChI=1S/C18H20N6O2/c1-26-14-7-13(24(10-14)16-5-6-19-11-21-16)9-20-18(25)15-4-2-3-12-8-22-23-17(12)15/h2-6,8,11,13-14H,7,9-10H2,1H3,(H,20,25)(H,22,23)/t13-,14-/m1/s1. The van der Waals surface area contributed by atoms with E-state index >= 15 is 0 Å². The van der Waals surface area contributed by atoms with Gasteiger partial charge in [0.1, 0.15) is 12.1 Å². The summed E-state index contributed by atoms with van der Waals surface area (Å²) in [5.74, 6) is 0.720. The molecule has 2 atom stereocenters. The number of fused-ring (bicyclic) bond motifs is 1. The number of methoxy groups -OCH3 is 1. The van der Waals surface area contributed by atoms with Crippen molar-refractivity contribution in [1.82, 2.24) is 25.5 Å². The highest BCUT2D eigenvalue weighted by molar-refractivity contribution is 6.05. The number of para-hydroxylation sites is 1. The second-order valence-corrected chi connectivity index (χ2v) is 6.32. The van der Waals surface area contributed by atoms with Crippen LogP contribution in [0.3, 0.4) is 0 Å². The second-order valence-electron chi connectivity index (χ2n) is 6.32. The van der Waals surface area contributed by atoms with Crippen LogP contribution < -0.4 is 10.2 Å². The number of amides is 1. The summed E-state index contributed by atoms with van der Waals surface area (Å²) in [5, 5.41) is 10.9. The SMILES string of the molecule is CO[C@@H]1C[C@H](CNC(=O)c2cccc3cn[nH]c23)N(c2ccncn2)C1. The molecule has 2 aromatic heterocycles. The first kappa shape index (κ1) is 16.5. The van der Waals surface area contributed by atoms with E-state index in [-0.39, 0.29) is 18.1 Å². The average Bonchev–Trinajstić information content (AvgIpc) is 3.33. The maximum atomic E-state index is 12.7. The molecule has 8 nitrogen and oxygen atoms in total. The highest BCUT2D eigenvalue weighted by Gasteiger charge is 2.33. The van der Waals surface area contributed by atoms with Crippen molar-refractivity contribution in [1.29, 1.82) is 0 Å². The third kappa shape index (κ3) is 3.11. The first-order valence-corrected chi connectivity index (χ1v) is 8.52. The fourth-order valence-corrected chi connectivity index (χ4v) is 3.44. The maximum absolute atomic E-state index is 12.7. The normalized spacial score (nSPS) is 19.8. The van der Waals surface area contributed by atoms with E-state index in [4.69, 9.17) is 4.74 Å². The monoisotopic (exact) mass is 352 g/mol. The largest absolute Gasteiger partial charge is 0.380 e. The van der Waals surface area contributed by atoms with E-state index in [9.17, 15) is 4.79 Å². The molecule has 1 aromatic carbocycles. The molecule has 3 aromatic rings. The van der Waals surface area contributed by atoms with Gasteiger partial charge in [0.05, 0.1) is 29.4 Å². The minimum absolute atomic E-state index is 0.111. The van der Waals surface area contributed by atoms with Gasteiger partial charge < -0.3 is 15.0 Å². The molecule has 0 saturated carbocycles. The quantitative estimate of drug-likeness (QED) is 0.720. The van der Waals surface area contributed by atoms with Crippen molar-refractivity contribution < 1.29 is 9.53 Å². The van der Waals surface area contributed by atoms with Crippen molar-refractivity contribution in [3.8, 4) is 0 Å². The van der Waals surface area contributed by atoms with E-state index < -0.39 is 0 Å². The number of rotatable bonds is 5. The summed E-state index contributed by atoms with van der Waals surface area (Å²) in [6.07, 6.45) is 5.90. The number of carbonyl (C=O) groups excluding carboxylic acids is 1. The molecule has 0 unspecified atom stereocenters. The zero-order valence-electron chi connectivity index (χ0n) is 14.4. The molecule has 26 heavy (non-hydrogen) atoms. The minimum atomic E-state index is -0.122. The number of nitrogens with zero attached hydrogens (tertiary/aromatic N) is 4. The number of anilines is 1. The fourth-order valence-electron chi connectivity index (χ4n) is 3.44. The number of nitrogens with one attached hydrogen (secondary N) is 2. The Balaban J connectivity index is 1.49. The van der Waals surface area contributed by atoms with Gasteiger partial charge in [0, 0.05) is 31.8 Å². The van der Waals surface area contributed by atoms with Gasteiger partial charge in [-0.2, -0.15) is 5.10 Å². The molecule has 0 bridgehead atoms. The summed E-state index contributed by atoms with van der Waals surface area (Å²) in [6.45, 7) is 1.25. The molecule has 8 heteroatoms. The van der Waals surface area contributed by atoms with Crippen LogP contribution in [0.2, 0.25) is 0 Å². The Bertz CT molecular complexity index is 897. The van der Waals surface area contributed by atoms with Crippen LogP contribution in [-0.2, 0) is 4.74 Å². The number of aromatic amines is 1. The number of aromatic nitrogens is 4. The molecule has 2 N–H and O–H groups in total. The fraction of sp³-hybridized carbons (Fsp3) is 0.333. The molecular weight excluding hydrogens is 332 g/mol. The first-order chi connectivity index (χ1) is 12.8. The molecule has 1 fully saturated rings. The van der Waals surface area contributed by atoms with Crippen molar-refractivity contribution in [2.24, 2.45) is 0 Å². The van der Waals surface area contributed by atoms with Crippen molar-refractivity contribution in [2.75, 3.05) is 25.1 Å². The van der Waals surface area contributed by atoms with E-state index in [0.29, 0.717) is 12.1 Å². The highest BCUT2D eigenvalue weighted by Crippen LogP contribution is 2.25. The molecule has 134 valence electrons. The van der Waals surface area contributed by atoms with Crippen LogP contribution in [0, 0.1) is 0 Å². The maximum Gasteiger partial charge on any atom is 0.253 e. The van der Waals surface area contributed by atoms with Gasteiger partial charge in [-0.1, -0.05) is 12.1 Å². The smallest absolute Gasteiger partial charge is 0.253 e. The Morgan fingerprint density at radius 1 is 1.42 bits per heavy atom. The van der Waals surface area contributed by atoms with Crippen LogP contribution in [-0.4, -0.2) is 58.4 Å². The Morgan fingerprint density at radius 2 is 2.35 bits per heavy atom. The molecule has 1 aliphatic rings. The van der Waals surface area contributed by atoms with Crippen molar-refractivity contribution in [2.45, 2.75) is 18.6 Å². The summed E-state index contributed by atoms with van der Waals surface area (Å²) in [7, 11) is 1.71. The molecular formula is C18H20N6O2. The van der Waals surface area contributed by atoms with E-state index in [2.05, 4.69) is 30.4 Å². The highest BCUT2D eigenvalue weighted by atomic mass is 16.5. The lowest BCUT2D eigenvalue weighted by molar-refractivity contribution is 0.0947. The Hall–Kier alpha value is -3.00. The van der Waals surface area contributed by atoms with Crippen molar-refractivity contribution >= 4 is 22.6 Å². The summed E-state index contributed by atoms with van der Waals surface area (Å²) in [4.78, 5) is 23.1. The van der Waals surface area contributed by atoms with Gasteiger partial charge in [0.25, 0.3) is 5.91 Å². The van der Waals surface area contributed by atoms with Crippen LogP contribution in [0.15, 0.2) is 43.0 Å². The first-order valence-electron chi connectivity index (χ1n) is 8.52. The summed E-state index contributed by atoms with van der Waals surface area (Å²) < 4.78 is 5.52. The second kappa shape index (κ2) is 7.09. The van der Waals surface area contributed by atoms with Gasteiger partial charge in [-0.05, 0) is 18.6 Å². The van der Waals surface area contributed by atoms with Crippen LogP contribution >= 0.6 is 0 Å². The lowest BCUT2D eigenvalue weighted by Gasteiger charge is -2.25. The van der Waals surface area contributed by atoms with E-state index in [0.717, 1.165) is 29.7 Å². The lowest BCUT2D eigenvalue weighted by atomic mass is 10.1. The third-order valence-corrected chi connectivity index (χ3v) is 4.79. The van der Waals surface area contributed by atoms with Gasteiger partial charge in [-0.3, -0.25) is 9.89 Å². The molecule has 1 saturated heterocycles. The van der Waals surface area contributed by atoms with E-state index in [1.165, 1.54) is 6.33 Å². The summed E-state index contributed by atoms with van der Waals surface area (Å²) in [6, 6.07) is 7.56. The number of hydrogen-bond acceptors (Lipinski definition) is 6.